The topological polar surface area (TPSA) is 261 Å². The first-order chi connectivity index (χ1) is 14.8. The number of nitrogens with zero attached hydrogens (tertiary/aromatic N) is 1. The van der Waals surface area contributed by atoms with Gasteiger partial charge in [0.15, 0.2) is 11.5 Å². The van der Waals surface area contributed by atoms with Crippen LogP contribution in [0.4, 0.5) is 0 Å². The Morgan fingerprint density at radius 2 is 1.48 bits per heavy atom. The molecule has 0 bridgehead atoms. The van der Waals surface area contributed by atoms with Gasteiger partial charge in [-0.1, -0.05) is 13.3 Å². The fourth-order valence-electron chi connectivity index (χ4n) is 4.29. The number of ketones is 1. The number of benzene rings is 1. The van der Waals surface area contributed by atoms with Crippen molar-refractivity contribution >= 4 is 5.78 Å². The zero-order valence-corrected chi connectivity index (χ0v) is 17.4. The minimum atomic E-state index is -3.99. The number of carbonyl (C=O) groups excluding carboxylic acids is 1. The molecule has 2 unspecified atom stereocenters. The summed E-state index contributed by atoms with van der Waals surface area (Å²) in [6, 6.07) is 1.06. The van der Waals surface area contributed by atoms with Gasteiger partial charge in [0, 0.05) is 17.7 Å². The lowest BCUT2D eigenvalue weighted by atomic mass is 9.70. The van der Waals surface area contributed by atoms with Gasteiger partial charge < -0.3 is 65.6 Å². The summed E-state index contributed by atoms with van der Waals surface area (Å²) in [5, 5.41) is 113. The summed E-state index contributed by atoms with van der Waals surface area (Å²) in [5.41, 5.74) is -8.26. The van der Waals surface area contributed by atoms with E-state index in [2.05, 4.69) is 4.74 Å². The van der Waals surface area contributed by atoms with Crippen LogP contribution >= 0.6 is 0 Å². The summed E-state index contributed by atoms with van der Waals surface area (Å²) in [4.78, 5) is 12.7. The lowest BCUT2D eigenvalue weighted by molar-refractivity contribution is -0.491. The second-order valence-electron chi connectivity index (χ2n) is 8.07. The molecule has 1 aromatic rings. The zero-order chi connectivity index (χ0) is 25.4. The van der Waals surface area contributed by atoms with Crippen LogP contribution in [-0.2, 0) is 16.3 Å². The number of fused-ring (bicyclic) bond motifs is 3. The second kappa shape index (κ2) is 7.25. The van der Waals surface area contributed by atoms with E-state index in [1.54, 1.807) is 0 Å². The molecule has 0 saturated carbocycles. The van der Waals surface area contributed by atoms with E-state index in [-0.39, 0.29) is 11.3 Å². The molecule has 0 aliphatic carbocycles. The molecule has 3 rings (SSSR count). The van der Waals surface area contributed by atoms with Crippen molar-refractivity contribution in [1.82, 2.24) is 4.90 Å². The van der Waals surface area contributed by atoms with Crippen LogP contribution in [0.25, 0.3) is 0 Å². The lowest BCUT2D eigenvalue weighted by Gasteiger charge is -2.61. The van der Waals surface area contributed by atoms with Gasteiger partial charge in [-0.3, -0.25) is 4.79 Å². The van der Waals surface area contributed by atoms with Crippen molar-refractivity contribution in [3.63, 3.8) is 0 Å². The predicted octanol–water partition coefficient (Wildman–Crippen LogP) is -5.31. The van der Waals surface area contributed by atoms with Crippen LogP contribution in [0.2, 0.25) is 0 Å². The number of piperidine rings is 1. The number of methoxy groups -OCH3 is 1. The van der Waals surface area contributed by atoms with Crippen molar-refractivity contribution in [2.24, 2.45) is 0 Å². The lowest BCUT2D eigenvalue weighted by Crippen LogP contribution is -2.85. The Labute approximate surface area is 185 Å². The van der Waals surface area contributed by atoms with Gasteiger partial charge in [0.1, 0.15) is 5.60 Å². The molecule has 11 N–H and O–H groups in total. The monoisotopic (exact) mass is 479 g/mol. The summed E-state index contributed by atoms with van der Waals surface area (Å²) in [5.74, 6) is -14.9. The van der Waals surface area contributed by atoms with Crippen molar-refractivity contribution in [3.05, 3.63) is 23.3 Å². The molecule has 15 nitrogen and oxygen atoms in total. The number of Topliss-reactive ketones (excluding diaryl/α,β-unsaturated/α-hetero) is 1. The summed E-state index contributed by atoms with van der Waals surface area (Å²) >= 11 is 0. The highest BCUT2D eigenvalue weighted by Gasteiger charge is 2.77. The molecular weight excluding hydrogens is 454 g/mol. The van der Waals surface area contributed by atoms with E-state index in [0.717, 1.165) is 7.11 Å². The summed E-state index contributed by atoms with van der Waals surface area (Å²) in [7, 11) is 0.984. The fraction of sp³-hybridized carbons (Fsp3) is 0.611. The fourth-order valence-corrected chi connectivity index (χ4v) is 4.29. The number of aliphatic hydroxyl groups is 11. The Morgan fingerprint density at radius 1 is 0.939 bits per heavy atom. The molecule has 2 aliphatic heterocycles. The largest absolute Gasteiger partial charge is 0.493 e. The maximum absolute atomic E-state index is 12.8. The normalized spacial score (nSPS) is 30.4. The molecule has 1 fully saturated rings. The summed E-state index contributed by atoms with van der Waals surface area (Å²) in [6.07, 6.45) is -4.17. The third-order valence-corrected chi connectivity index (χ3v) is 5.85. The number of carbonyl (C=O) groups is 1. The van der Waals surface area contributed by atoms with Crippen LogP contribution in [0.15, 0.2) is 12.1 Å². The minimum absolute atomic E-state index is 0.0895. The van der Waals surface area contributed by atoms with Crippen molar-refractivity contribution in [3.8, 4) is 11.5 Å². The highest BCUT2D eigenvalue weighted by atomic mass is 16.9. The molecule has 15 heteroatoms. The molecule has 0 aromatic heterocycles. The van der Waals surface area contributed by atoms with Crippen molar-refractivity contribution in [2.75, 3.05) is 13.7 Å². The second-order valence-corrected chi connectivity index (χ2v) is 8.07. The molecule has 0 amide bonds. The Balaban J connectivity index is 2.39. The van der Waals surface area contributed by atoms with E-state index in [9.17, 15) is 45.6 Å². The van der Waals surface area contributed by atoms with Crippen molar-refractivity contribution in [1.29, 1.82) is 0 Å². The van der Waals surface area contributed by atoms with Crippen LogP contribution < -0.4 is 9.47 Å². The quantitative estimate of drug-likeness (QED) is 0.176. The van der Waals surface area contributed by atoms with Gasteiger partial charge in [-0.25, -0.2) is 4.90 Å². The van der Waals surface area contributed by atoms with Crippen LogP contribution in [0, 0.1) is 0 Å². The first-order valence-electron chi connectivity index (χ1n) is 9.52. The molecule has 1 aromatic carbocycles. The van der Waals surface area contributed by atoms with E-state index >= 15 is 0 Å². The molecule has 1 saturated heterocycles. The number of hydrogen-bond donors (Lipinski definition) is 11. The van der Waals surface area contributed by atoms with Gasteiger partial charge in [0.25, 0.3) is 17.5 Å². The summed E-state index contributed by atoms with van der Waals surface area (Å²) < 4.78 is 9.29. The molecule has 0 radical (unpaired) electrons. The molecule has 0 spiro atoms. The third kappa shape index (κ3) is 3.34. The SMILES string of the molecule is CCCC1(O)CN2C(O)(O)C(O)(O)c3cc(OC(O)(O)O)c(OC)cc3C2(O)C(O)(O)C1=O. The molecule has 2 atom stereocenters. The number of ether oxygens (including phenoxy) is 2. The zero-order valence-electron chi connectivity index (χ0n) is 17.4. The highest BCUT2D eigenvalue weighted by Crippen LogP contribution is 2.56. The van der Waals surface area contributed by atoms with Crippen LogP contribution in [0.1, 0.15) is 30.9 Å². The van der Waals surface area contributed by atoms with Gasteiger partial charge in [0.05, 0.1) is 7.11 Å². The van der Waals surface area contributed by atoms with Crippen molar-refractivity contribution in [2.45, 2.75) is 54.7 Å². The molecule has 186 valence electrons. The maximum Gasteiger partial charge on any atom is 0.453 e. The Bertz CT molecular complexity index is 970. The van der Waals surface area contributed by atoms with Crippen molar-refractivity contribution < 1.29 is 70.4 Å². The van der Waals surface area contributed by atoms with Gasteiger partial charge in [-0.2, -0.15) is 0 Å². The standard InChI is InChI=1S/C18H25NO14/c1-3-4-13(21)7-19-14(22,16(25,26)12(13)20)8-5-10(32-2)11(33-18(29,30)31)6-9(8)15(23,24)17(19,27)28/h5-6,21-31H,3-4,7H2,1-2H3. The van der Waals surface area contributed by atoms with E-state index in [0.29, 0.717) is 12.1 Å². The van der Waals surface area contributed by atoms with E-state index in [4.69, 9.17) is 20.1 Å². The molecule has 2 heterocycles. The Hall–Kier alpha value is -1.99. The smallest absolute Gasteiger partial charge is 0.453 e. The van der Waals surface area contributed by atoms with E-state index in [1.807, 2.05) is 0 Å². The van der Waals surface area contributed by atoms with Gasteiger partial charge in [-0.15, -0.1) is 0 Å². The van der Waals surface area contributed by atoms with Crippen LogP contribution in [-0.4, -0.2) is 104 Å². The van der Waals surface area contributed by atoms with E-state index in [1.165, 1.54) is 6.92 Å². The van der Waals surface area contributed by atoms with Gasteiger partial charge in [-0.05, 0) is 18.6 Å². The Morgan fingerprint density at radius 3 is 1.97 bits per heavy atom. The predicted molar refractivity (Wildman–Crippen MR) is 98.9 cm³/mol. The van der Waals surface area contributed by atoms with Gasteiger partial charge >= 0.3 is 6.16 Å². The third-order valence-electron chi connectivity index (χ3n) is 5.85. The molecule has 2 aliphatic rings. The molecular formula is C18H25NO14. The van der Waals surface area contributed by atoms with E-state index < -0.39 is 76.3 Å². The molecule has 33 heavy (non-hydrogen) atoms. The summed E-state index contributed by atoms with van der Waals surface area (Å²) in [6.45, 7) is 0.319. The Kier molecular flexibility index (Phi) is 5.63. The average molecular weight is 479 g/mol. The highest BCUT2D eigenvalue weighted by molar-refractivity contribution is 5.95. The first kappa shape index (κ1) is 25.6. The average Bonchev–Trinajstić information content (AvgIpc) is 2.67. The minimum Gasteiger partial charge on any atom is -0.493 e. The maximum atomic E-state index is 12.8. The first-order valence-corrected chi connectivity index (χ1v) is 9.52. The van der Waals surface area contributed by atoms with Crippen LogP contribution in [0.3, 0.4) is 0 Å². The number of rotatable bonds is 5. The van der Waals surface area contributed by atoms with Crippen LogP contribution in [0.5, 0.6) is 11.5 Å². The number of hydrogen-bond acceptors (Lipinski definition) is 15. The van der Waals surface area contributed by atoms with Gasteiger partial charge in [0.2, 0.25) is 11.5 Å².